The van der Waals surface area contributed by atoms with Gasteiger partial charge in [-0.2, -0.15) is 0 Å². The Balaban J connectivity index is 3.41. The molecule has 0 saturated carbocycles. The standard InChI is InChI=1S/C10H23NO/c1-6-11(7-2)9-12-8-10(3,4)5/h6-9H2,1-5H3. The van der Waals surface area contributed by atoms with E-state index in [1.165, 1.54) is 0 Å². The molecule has 0 aromatic heterocycles. The summed E-state index contributed by atoms with van der Waals surface area (Å²) < 4.78 is 5.57. The highest BCUT2D eigenvalue weighted by Gasteiger charge is 2.10. The number of hydrogen-bond donors (Lipinski definition) is 0. The highest BCUT2D eigenvalue weighted by molar-refractivity contribution is 4.58. The molecule has 2 nitrogen and oxygen atoms in total. The smallest absolute Gasteiger partial charge is 0.0990 e. The van der Waals surface area contributed by atoms with Crippen LogP contribution in [0, 0.1) is 5.41 Å². The van der Waals surface area contributed by atoms with Gasteiger partial charge in [0.15, 0.2) is 0 Å². The summed E-state index contributed by atoms with van der Waals surface area (Å²) >= 11 is 0. The molecule has 2 heteroatoms. The summed E-state index contributed by atoms with van der Waals surface area (Å²) in [6, 6.07) is 0. The number of hydrogen-bond acceptors (Lipinski definition) is 2. The second kappa shape index (κ2) is 5.55. The van der Waals surface area contributed by atoms with E-state index in [1.807, 2.05) is 0 Å². The molecule has 0 bridgehead atoms. The van der Waals surface area contributed by atoms with Crippen molar-refractivity contribution in [2.75, 3.05) is 26.4 Å². The Morgan fingerprint density at radius 1 is 1.08 bits per heavy atom. The fourth-order valence-electron chi connectivity index (χ4n) is 0.887. The molecule has 0 radical (unpaired) electrons. The van der Waals surface area contributed by atoms with Gasteiger partial charge in [-0.05, 0) is 18.5 Å². The van der Waals surface area contributed by atoms with Crippen molar-refractivity contribution in [1.29, 1.82) is 0 Å². The highest BCUT2D eigenvalue weighted by Crippen LogP contribution is 2.12. The molecule has 0 aliphatic carbocycles. The van der Waals surface area contributed by atoms with E-state index < -0.39 is 0 Å². The molecule has 0 rings (SSSR count). The third-order valence-electron chi connectivity index (χ3n) is 1.70. The quantitative estimate of drug-likeness (QED) is 0.592. The van der Waals surface area contributed by atoms with Gasteiger partial charge < -0.3 is 4.74 Å². The van der Waals surface area contributed by atoms with Crippen LogP contribution in [0.25, 0.3) is 0 Å². The number of rotatable bonds is 5. The maximum atomic E-state index is 5.57. The SMILES string of the molecule is CCN(CC)COCC(C)(C)C. The summed E-state index contributed by atoms with van der Waals surface area (Å²) in [5.74, 6) is 0. The van der Waals surface area contributed by atoms with Crippen molar-refractivity contribution in [2.24, 2.45) is 5.41 Å². The molecule has 0 aromatic carbocycles. The van der Waals surface area contributed by atoms with E-state index in [-0.39, 0.29) is 5.41 Å². The Labute approximate surface area is 76.9 Å². The largest absolute Gasteiger partial charge is 0.366 e. The lowest BCUT2D eigenvalue weighted by atomic mass is 9.99. The number of ether oxygens (including phenoxy) is 1. The van der Waals surface area contributed by atoms with E-state index in [4.69, 9.17) is 4.74 Å². The minimum atomic E-state index is 0.285. The zero-order valence-corrected chi connectivity index (χ0v) is 9.18. The second-order valence-corrected chi connectivity index (χ2v) is 4.34. The van der Waals surface area contributed by atoms with Gasteiger partial charge in [-0.3, -0.25) is 4.90 Å². The Kier molecular flexibility index (Phi) is 5.51. The van der Waals surface area contributed by atoms with Crippen LogP contribution < -0.4 is 0 Å². The van der Waals surface area contributed by atoms with Crippen LogP contribution >= 0.6 is 0 Å². The van der Waals surface area contributed by atoms with E-state index in [2.05, 4.69) is 39.5 Å². The molecule has 0 unspecified atom stereocenters. The second-order valence-electron chi connectivity index (χ2n) is 4.34. The number of nitrogens with zero attached hydrogens (tertiary/aromatic N) is 1. The molecule has 0 N–H and O–H groups in total. The molecule has 0 heterocycles. The fraction of sp³-hybridized carbons (Fsp3) is 1.00. The molecule has 12 heavy (non-hydrogen) atoms. The van der Waals surface area contributed by atoms with E-state index in [0.717, 1.165) is 26.4 Å². The molecule has 0 amide bonds. The predicted octanol–water partition coefficient (Wildman–Crippen LogP) is 2.35. The molecule has 74 valence electrons. The topological polar surface area (TPSA) is 12.5 Å². The monoisotopic (exact) mass is 173 g/mol. The van der Waals surface area contributed by atoms with Crippen molar-refractivity contribution in [3.8, 4) is 0 Å². The summed E-state index contributed by atoms with van der Waals surface area (Å²) in [5.41, 5.74) is 0.285. The van der Waals surface area contributed by atoms with E-state index >= 15 is 0 Å². The first kappa shape index (κ1) is 11.9. The zero-order chi connectivity index (χ0) is 9.61. The van der Waals surface area contributed by atoms with Gasteiger partial charge in [0.05, 0.1) is 13.3 Å². The predicted molar refractivity (Wildman–Crippen MR) is 53.2 cm³/mol. The van der Waals surface area contributed by atoms with Crippen LogP contribution in [0.3, 0.4) is 0 Å². The van der Waals surface area contributed by atoms with E-state index in [1.54, 1.807) is 0 Å². The van der Waals surface area contributed by atoms with Crippen LogP contribution in [0.4, 0.5) is 0 Å². The molecule has 0 spiro atoms. The summed E-state index contributed by atoms with van der Waals surface area (Å²) in [4.78, 5) is 2.27. The van der Waals surface area contributed by atoms with Crippen molar-refractivity contribution in [2.45, 2.75) is 34.6 Å². The normalized spacial score (nSPS) is 12.5. The Morgan fingerprint density at radius 2 is 1.58 bits per heavy atom. The third-order valence-corrected chi connectivity index (χ3v) is 1.70. The van der Waals surface area contributed by atoms with Crippen molar-refractivity contribution in [3.05, 3.63) is 0 Å². The Bertz CT molecular complexity index is 103. The van der Waals surface area contributed by atoms with Gasteiger partial charge >= 0.3 is 0 Å². The maximum Gasteiger partial charge on any atom is 0.0990 e. The summed E-state index contributed by atoms with van der Waals surface area (Å²) in [5, 5.41) is 0. The van der Waals surface area contributed by atoms with Gasteiger partial charge in [0.2, 0.25) is 0 Å². The lowest BCUT2D eigenvalue weighted by Gasteiger charge is -2.22. The van der Waals surface area contributed by atoms with E-state index in [9.17, 15) is 0 Å². The van der Waals surface area contributed by atoms with Gasteiger partial charge in [-0.25, -0.2) is 0 Å². The van der Waals surface area contributed by atoms with Crippen LogP contribution in [0.5, 0.6) is 0 Å². The van der Waals surface area contributed by atoms with Crippen molar-refractivity contribution in [1.82, 2.24) is 4.90 Å². The summed E-state index contributed by atoms with van der Waals surface area (Å²) in [6.45, 7) is 14.6. The Hall–Kier alpha value is -0.0800. The van der Waals surface area contributed by atoms with Gasteiger partial charge in [-0.1, -0.05) is 34.6 Å². The van der Waals surface area contributed by atoms with Gasteiger partial charge in [0, 0.05) is 0 Å². The minimum Gasteiger partial charge on any atom is -0.366 e. The lowest BCUT2D eigenvalue weighted by molar-refractivity contribution is -0.000724. The first-order valence-electron chi connectivity index (χ1n) is 4.79. The first-order chi connectivity index (χ1) is 5.49. The molecule has 0 aromatic rings. The average molecular weight is 173 g/mol. The third kappa shape index (κ3) is 6.62. The zero-order valence-electron chi connectivity index (χ0n) is 9.18. The van der Waals surface area contributed by atoms with Crippen LogP contribution in [0.15, 0.2) is 0 Å². The Morgan fingerprint density at radius 3 is 1.92 bits per heavy atom. The molecule has 0 saturated heterocycles. The molecule has 0 aliphatic rings. The van der Waals surface area contributed by atoms with Crippen molar-refractivity contribution >= 4 is 0 Å². The van der Waals surface area contributed by atoms with Crippen LogP contribution in [-0.2, 0) is 4.74 Å². The van der Waals surface area contributed by atoms with Crippen LogP contribution in [0.1, 0.15) is 34.6 Å². The summed E-state index contributed by atoms with van der Waals surface area (Å²) in [7, 11) is 0. The molecular formula is C10H23NO. The van der Waals surface area contributed by atoms with Crippen molar-refractivity contribution < 1.29 is 4.74 Å². The maximum absolute atomic E-state index is 5.57. The molecule has 0 atom stereocenters. The summed E-state index contributed by atoms with van der Waals surface area (Å²) in [6.07, 6.45) is 0. The first-order valence-corrected chi connectivity index (χ1v) is 4.79. The average Bonchev–Trinajstić information content (AvgIpc) is 1.96. The van der Waals surface area contributed by atoms with Gasteiger partial charge in [0.25, 0.3) is 0 Å². The highest BCUT2D eigenvalue weighted by atomic mass is 16.5. The van der Waals surface area contributed by atoms with Crippen LogP contribution in [-0.4, -0.2) is 31.3 Å². The molecular weight excluding hydrogens is 150 g/mol. The lowest BCUT2D eigenvalue weighted by Crippen LogP contribution is -2.28. The van der Waals surface area contributed by atoms with Gasteiger partial charge in [-0.15, -0.1) is 0 Å². The van der Waals surface area contributed by atoms with Gasteiger partial charge in [0.1, 0.15) is 0 Å². The van der Waals surface area contributed by atoms with Crippen LogP contribution in [0.2, 0.25) is 0 Å². The van der Waals surface area contributed by atoms with Crippen molar-refractivity contribution in [3.63, 3.8) is 0 Å². The van der Waals surface area contributed by atoms with E-state index in [0.29, 0.717) is 0 Å². The molecule has 0 aliphatic heterocycles. The molecule has 0 fully saturated rings. The fourth-order valence-corrected chi connectivity index (χ4v) is 0.887. The minimum absolute atomic E-state index is 0.285.